The van der Waals surface area contributed by atoms with Crippen LogP contribution in [0.5, 0.6) is 0 Å². The van der Waals surface area contributed by atoms with Gasteiger partial charge in [-0.15, -0.1) is 0 Å². The molecule has 0 spiro atoms. The van der Waals surface area contributed by atoms with Crippen LogP contribution >= 0.6 is 0 Å². The maximum Gasteiger partial charge on any atom is 0.124 e. The van der Waals surface area contributed by atoms with Crippen molar-refractivity contribution in [3.8, 4) is 0 Å². The Labute approximate surface area is 107 Å². The van der Waals surface area contributed by atoms with E-state index in [1.807, 2.05) is 0 Å². The van der Waals surface area contributed by atoms with Crippen molar-refractivity contribution in [2.75, 3.05) is 5.73 Å². The molecule has 96 valence electrons. The molecule has 4 nitrogen and oxygen atoms in total. The SMILES string of the molecule is Cc1cc(C)c(CC(O)c2cn[nH]c2N)c(C)c1. The largest absolute Gasteiger partial charge is 0.388 e. The topological polar surface area (TPSA) is 74.9 Å². The molecule has 0 amide bonds. The Kier molecular flexibility index (Phi) is 3.39. The third-order valence-corrected chi connectivity index (χ3v) is 3.30. The molecule has 18 heavy (non-hydrogen) atoms. The summed E-state index contributed by atoms with van der Waals surface area (Å²) in [7, 11) is 0. The minimum atomic E-state index is -0.621. The highest BCUT2D eigenvalue weighted by molar-refractivity contribution is 5.42. The van der Waals surface area contributed by atoms with E-state index in [-0.39, 0.29) is 0 Å². The van der Waals surface area contributed by atoms with Gasteiger partial charge < -0.3 is 10.8 Å². The highest BCUT2D eigenvalue weighted by atomic mass is 16.3. The number of H-pyrrole nitrogens is 1. The standard InChI is InChI=1S/C14H19N3O/c1-8-4-9(2)11(10(3)5-8)6-13(18)12-7-16-17-14(12)15/h4-5,7,13,18H,6H2,1-3H3,(H3,15,16,17). The summed E-state index contributed by atoms with van der Waals surface area (Å²) in [6, 6.07) is 4.27. The molecule has 2 aromatic rings. The molecule has 0 radical (unpaired) electrons. The summed E-state index contributed by atoms with van der Waals surface area (Å²) in [6.07, 6.45) is 1.52. The molecule has 1 atom stereocenters. The Morgan fingerprint density at radius 3 is 2.39 bits per heavy atom. The predicted molar refractivity (Wildman–Crippen MR) is 72.3 cm³/mol. The van der Waals surface area contributed by atoms with Gasteiger partial charge in [-0.1, -0.05) is 17.7 Å². The Bertz CT molecular complexity index is 537. The quantitative estimate of drug-likeness (QED) is 0.776. The lowest BCUT2D eigenvalue weighted by Gasteiger charge is -2.15. The Hall–Kier alpha value is -1.81. The molecule has 2 rings (SSSR count). The van der Waals surface area contributed by atoms with Gasteiger partial charge >= 0.3 is 0 Å². The molecule has 1 aromatic carbocycles. The molecular weight excluding hydrogens is 226 g/mol. The number of nitrogens with two attached hydrogens (primary N) is 1. The zero-order chi connectivity index (χ0) is 13.3. The summed E-state index contributed by atoms with van der Waals surface area (Å²) in [5.74, 6) is 0.435. The molecule has 0 aliphatic carbocycles. The molecule has 0 aliphatic heterocycles. The first-order valence-electron chi connectivity index (χ1n) is 6.02. The fraction of sp³-hybridized carbons (Fsp3) is 0.357. The van der Waals surface area contributed by atoms with Crippen LogP contribution in [0.3, 0.4) is 0 Å². The van der Waals surface area contributed by atoms with Crippen molar-refractivity contribution >= 4 is 5.82 Å². The number of aromatic nitrogens is 2. The molecule has 4 N–H and O–H groups in total. The minimum absolute atomic E-state index is 0.435. The van der Waals surface area contributed by atoms with Gasteiger partial charge in [0.1, 0.15) is 5.82 Å². The van der Waals surface area contributed by atoms with Crippen LogP contribution in [0.25, 0.3) is 0 Å². The first-order chi connectivity index (χ1) is 8.49. The van der Waals surface area contributed by atoms with Crippen molar-refractivity contribution in [2.24, 2.45) is 0 Å². The molecule has 0 fully saturated rings. The number of nitrogens with zero attached hydrogens (tertiary/aromatic N) is 1. The fourth-order valence-corrected chi connectivity index (χ4v) is 2.41. The summed E-state index contributed by atoms with van der Waals surface area (Å²) in [4.78, 5) is 0. The van der Waals surface area contributed by atoms with Crippen LogP contribution in [-0.4, -0.2) is 15.3 Å². The molecule has 1 unspecified atom stereocenters. The highest BCUT2D eigenvalue weighted by Crippen LogP contribution is 2.25. The van der Waals surface area contributed by atoms with Crippen LogP contribution in [0.15, 0.2) is 18.3 Å². The van der Waals surface area contributed by atoms with Gasteiger partial charge in [-0.25, -0.2) is 0 Å². The van der Waals surface area contributed by atoms with E-state index < -0.39 is 6.10 Å². The maximum absolute atomic E-state index is 10.2. The molecule has 1 heterocycles. The van der Waals surface area contributed by atoms with E-state index in [9.17, 15) is 5.11 Å². The number of rotatable bonds is 3. The van der Waals surface area contributed by atoms with Crippen molar-refractivity contribution in [1.82, 2.24) is 10.2 Å². The molecular formula is C14H19N3O. The molecule has 0 aliphatic rings. The van der Waals surface area contributed by atoms with E-state index >= 15 is 0 Å². The van der Waals surface area contributed by atoms with Gasteiger partial charge in [0.15, 0.2) is 0 Å². The van der Waals surface area contributed by atoms with Crippen molar-refractivity contribution in [1.29, 1.82) is 0 Å². The number of aliphatic hydroxyl groups is 1. The van der Waals surface area contributed by atoms with Gasteiger partial charge in [0.2, 0.25) is 0 Å². The number of hydrogen-bond acceptors (Lipinski definition) is 3. The minimum Gasteiger partial charge on any atom is -0.388 e. The van der Waals surface area contributed by atoms with Gasteiger partial charge in [-0.2, -0.15) is 5.10 Å². The highest BCUT2D eigenvalue weighted by Gasteiger charge is 2.16. The normalized spacial score (nSPS) is 12.7. The second-order valence-electron chi connectivity index (χ2n) is 4.84. The van der Waals surface area contributed by atoms with Crippen LogP contribution < -0.4 is 5.73 Å². The number of nitrogen functional groups attached to an aromatic ring is 1. The van der Waals surface area contributed by atoms with Gasteiger partial charge in [0, 0.05) is 12.0 Å². The fourth-order valence-electron chi connectivity index (χ4n) is 2.41. The van der Waals surface area contributed by atoms with Crippen molar-refractivity contribution < 1.29 is 5.11 Å². The van der Waals surface area contributed by atoms with Crippen LogP contribution in [0, 0.1) is 20.8 Å². The van der Waals surface area contributed by atoms with Crippen molar-refractivity contribution in [2.45, 2.75) is 33.3 Å². The van der Waals surface area contributed by atoms with Crippen LogP contribution in [0.4, 0.5) is 5.82 Å². The smallest absolute Gasteiger partial charge is 0.124 e. The number of benzene rings is 1. The lowest BCUT2D eigenvalue weighted by atomic mass is 9.93. The second kappa shape index (κ2) is 4.82. The monoisotopic (exact) mass is 245 g/mol. The number of aromatic amines is 1. The van der Waals surface area contributed by atoms with E-state index in [1.54, 1.807) is 6.20 Å². The first-order valence-corrected chi connectivity index (χ1v) is 6.02. The molecule has 4 heteroatoms. The molecule has 0 saturated heterocycles. The van der Waals surface area contributed by atoms with Gasteiger partial charge in [0.05, 0.1) is 12.3 Å². The van der Waals surface area contributed by atoms with Crippen LogP contribution in [0.2, 0.25) is 0 Å². The van der Waals surface area contributed by atoms with Gasteiger partial charge in [-0.3, -0.25) is 5.10 Å². The average Bonchev–Trinajstić information content (AvgIpc) is 2.69. The van der Waals surface area contributed by atoms with Gasteiger partial charge in [-0.05, 0) is 37.5 Å². The van der Waals surface area contributed by atoms with Crippen molar-refractivity contribution in [3.05, 3.63) is 46.1 Å². The number of aryl methyl sites for hydroxylation is 3. The van der Waals surface area contributed by atoms with Crippen LogP contribution in [-0.2, 0) is 6.42 Å². The summed E-state index contributed by atoms with van der Waals surface area (Å²) >= 11 is 0. The zero-order valence-corrected chi connectivity index (χ0v) is 11.0. The lowest BCUT2D eigenvalue weighted by Crippen LogP contribution is -2.06. The third-order valence-electron chi connectivity index (χ3n) is 3.30. The number of hydrogen-bond donors (Lipinski definition) is 3. The Morgan fingerprint density at radius 1 is 1.28 bits per heavy atom. The van der Waals surface area contributed by atoms with E-state index in [0.717, 1.165) is 0 Å². The summed E-state index contributed by atoms with van der Waals surface area (Å²) in [5.41, 5.74) is 11.2. The Morgan fingerprint density at radius 2 is 1.89 bits per heavy atom. The predicted octanol–water partition coefficient (Wildman–Crippen LogP) is 2.19. The number of anilines is 1. The van der Waals surface area contributed by atoms with Crippen molar-refractivity contribution in [3.63, 3.8) is 0 Å². The van der Waals surface area contributed by atoms with E-state index in [2.05, 4.69) is 43.1 Å². The third kappa shape index (κ3) is 2.38. The average molecular weight is 245 g/mol. The van der Waals surface area contributed by atoms with Gasteiger partial charge in [0.25, 0.3) is 0 Å². The summed E-state index contributed by atoms with van der Waals surface area (Å²) in [6.45, 7) is 6.22. The number of aliphatic hydroxyl groups excluding tert-OH is 1. The maximum atomic E-state index is 10.2. The summed E-state index contributed by atoms with van der Waals surface area (Å²) in [5, 5.41) is 16.7. The zero-order valence-electron chi connectivity index (χ0n) is 11.0. The Balaban J connectivity index is 2.27. The summed E-state index contributed by atoms with van der Waals surface area (Å²) < 4.78 is 0. The first kappa shape index (κ1) is 12.6. The van der Waals surface area contributed by atoms with E-state index in [0.29, 0.717) is 17.8 Å². The van der Waals surface area contributed by atoms with E-state index in [1.165, 1.54) is 22.3 Å². The van der Waals surface area contributed by atoms with Crippen LogP contribution in [0.1, 0.15) is 33.9 Å². The number of nitrogens with one attached hydrogen (secondary N) is 1. The lowest BCUT2D eigenvalue weighted by molar-refractivity contribution is 0.179. The molecule has 1 aromatic heterocycles. The molecule has 0 bridgehead atoms. The molecule has 0 saturated carbocycles. The second-order valence-corrected chi connectivity index (χ2v) is 4.84. The van der Waals surface area contributed by atoms with E-state index in [4.69, 9.17) is 5.73 Å².